The number of thioether (sulfide) groups is 1. The van der Waals surface area contributed by atoms with Gasteiger partial charge < -0.3 is 10.1 Å². The highest BCUT2D eigenvalue weighted by atomic mass is 32.2. The molecule has 2 aliphatic rings. The number of benzene rings is 1. The topological polar surface area (TPSA) is 83.9 Å². The Bertz CT molecular complexity index is 923. The van der Waals surface area contributed by atoms with Gasteiger partial charge in [0.1, 0.15) is 11.0 Å². The van der Waals surface area contributed by atoms with E-state index in [1.165, 1.54) is 23.1 Å². The molecule has 0 unspecified atom stereocenters. The van der Waals surface area contributed by atoms with Crippen molar-refractivity contribution in [2.75, 3.05) is 25.5 Å². The fourth-order valence-electron chi connectivity index (χ4n) is 3.02. The molecule has 2 aromatic rings. The third kappa shape index (κ3) is 3.57. The van der Waals surface area contributed by atoms with Crippen LogP contribution in [0.25, 0.3) is 11.3 Å². The fraction of sp³-hybridized carbons (Fsp3) is 0.333. The van der Waals surface area contributed by atoms with Crippen LogP contribution in [-0.2, 0) is 9.59 Å². The Morgan fingerprint density at radius 2 is 2.15 bits per heavy atom. The number of anilines is 1. The van der Waals surface area contributed by atoms with E-state index in [0.29, 0.717) is 18.2 Å². The summed E-state index contributed by atoms with van der Waals surface area (Å²) < 4.78 is 5.18. The Balaban J connectivity index is 1.42. The van der Waals surface area contributed by atoms with Crippen LogP contribution in [0.4, 0.5) is 5.13 Å². The zero-order chi connectivity index (χ0) is 19.0. The largest absolute Gasteiger partial charge is 0.497 e. The van der Waals surface area contributed by atoms with Gasteiger partial charge in [0.25, 0.3) is 0 Å². The molecule has 1 saturated heterocycles. The van der Waals surface area contributed by atoms with E-state index in [-0.39, 0.29) is 18.2 Å². The number of amidine groups is 1. The zero-order valence-corrected chi connectivity index (χ0v) is 16.5. The summed E-state index contributed by atoms with van der Waals surface area (Å²) in [4.78, 5) is 36.2. The lowest BCUT2D eigenvalue weighted by Gasteiger charge is -2.09. The lowest BCUT2D eigenvalue weighted by molar-refractivity contribution is -0.127. The maximum absolute atomic E-state index is 12.4. The van der Waals surface area contributed by atoms with Gasteiger partial charge in [-0.25, -0.2) is 4.98 Å². The average molecular weight is 403 g/mol. The molecule has 2 aliphatic heterocycles. The maximum atomic E-state index is 12.4. The molecule has 27 heavy (non-hydrogen) atoms. The number of carbonyl (C=O) groups is 2. The summed E-state index contributed by atoms with van der Waals surface area (Å²) in [7, 11) is 1.63. The van der Waals surface area contributed by atoms with Crippen LogP contribution in [0.2, 0.25) is 0 Å². The Morgan fingerprint density at radius 3 is 2.85 bits per heavy atom. The summed E-state index contributed by atoms with van der Waals surface area (Å²) in [6.45, 7) is 3.24. The van der Waals surface area contributed by atoms with Crippen molar-refractivity contribution < 1.29 is 14.3 Å². The van der Waals surface area contributed by atoms with E-state index >= 15 is 0 Å². The van der Waals surface area contributed by atoms with E-state index < -0.39 is 5.25 Å². The minimum atomic E-state index is -0.397. The summed E-state index contributed by atoms with van der Waals surface area (Å²) in [5, 5.41) is 3.71. The van der Waals surface area contributed by atoms with E-state index in [1.807, 2.05) is 31.2 Å². The minimum Gasteiger partial charge on any atom is -0.497 e. The normalized spacial score (nSPS) is 18.4. The van der Waals surface area contributed by atoms with Crippen LogP contribution in [0.1, 0.15) is 11.3 Å². The number of carbonyl (C=O) groups excluding carboxylic acids is 2. The Hall–Kier alpha value is -2.39. The number of nitrogens with zero attached hydrogens (tertiary/aromatic N) is 3. The molecule has 1 aromatic carbocycles. The molecule has 9 heteroatoms. The number of methoxy groups -OCH3 is 1. The second-order valence-electron chi connectivity index (χ2n) is 6.17. The van der Waals surface area contributed by atoms with Crippen LogP contribution in [0, 0.1) is 6.92 Å². The fourth-order valence-corrected chi connectivity index (χ4v) is 5.06. The molecule has 1 aromatic heterocycles. The molecule has 0 bridgehead atoms. The number of fused-ring (bicyclic) bond motifs is 1. The molecule has 0 radical (unpaired) electrons. The van der Waals surface area contributed by atoms with Crippen molar-refractivity contribution in [2.24, 2.45) is 4.99 Å². The molecule has 4 rings (SSSR count). The number of hydrogen-bond acceptors (Lipinski definition) is 7. The summed E-state index contributed by atoms with van der Waals surface area (Å²) in [6.07, 6.45) is 0.121. The van der Waals surface area contributed by atoms with Crippen LogP contribution in [0.5, 0.6) is 5.75 Å². The van der Waals surface area contributed by atoms with E-state index in [1.54, 1.807) is 12.0 Å². The number of aromatic nitrogens is 1. The zero-order valence-electron chi connectivity index (χ0n) is 14.9. The van der Waals surface area contributed by atoms with Crippen molar-refractivity contribution in [1.82, 2.24) is 9.88 Å². The molecule has 1 N–H and O–H groups in total. The highest BCUT2D eigenvalue weighted by molar-refractivity contribution is 8.15. The number of aliphatic imine (C=N–C) groups is 1. The molecule has 1 fully saturated rings. The first kappa shape index (κ1) is 18.0. The van der Waals surface area contributed by atoms with Gasteiger partial charge in [-0.2, -0.15) is 0 Å². The Labute approximate surface area is 164 Å². The summed E-state index contributed by atoms with van der Waals surface area (Å²) in [5.74, 6) is 0.544. The third-order valence-corrected chi connectivity index (χ3v) is 6.47. The summed E-state index contributed by atoms with van der Waals surface area (Å²) in [6, 6.07) is 7.64. The van der Waals surface area contributed by atoms with Gasteiger partial charge in [0.05, 0.1) is 19.3 Å². The van der Waals surface area contributed by atoms with Crippen LogP contribution in [-0.4, -0.2) is 52.3 Å². The molecule has 0 aliphatic carbocycles. The van der Waals surface area contributed by atoms with Crippen molar-refractivity contribution in [3.05, 3.63) is 29.1 Å². The standard InChI is InChI=1S/C18H18N4O3S2/c1-10-15(11-3-5-12(25-2)6-4-11)21-17(26-10)20-14(23)9-13-16(24)22-8-7-19-18(22)27-13/h3-6,13H,7-9H2,1-2H3,(H,20,21,23)/t13-/m0/s1. The van der Waals surface area contributed by atoms with Crippen LogP contribution < -0.4 is 10.1 Å². The number of amides is 2. The second-order valence-corrected chi connectivity index (χ2v) is 8.54. The molecule has 7 nitrogen and oxygen atoms in total. The van der Waals surface area contributed by atoms with Crippen LogP contribution in [0.15, 0.2) is 29.3 Å². The number of rotatable bonds is 5. The lowest BCUT2D eigenvalue weighted by Crippen LogP contribution is -2.32. The van der Waals surface area contributed by atoms with Crippen LogP contribution >= 0.6 is 23.1 Å². The number of nitrogens with one attached hydrogen (secondary N) is 1. The van der Waals surface area contributed by atoms with Gasteiger partial charge in [-0.1, -0.05) is 11.8 Å². The van der Waals surface area contributed by atoms with Gasteiger partial charge >= 0.3 is 0 Å². The molecule has 1 atom stereocenters. The van der Waals surface area contributed by atoms with Crippen molar-refractivity contribution in [3.63, 3.8) is 0 Å². The van der Waals surface area contributed by atoms with E-state index in [0.717, 1.165) is 27.1 Å². The number of ether oxygens (including phenoxy) is 1. The van der Waals surface area contributed by atoms with Gasteiger partial charge in [-0.15, -0.1) is 11.3 Å². The Morgan fingerprint density at radius 1 is 1.37 bits per heavy atom. The average Bonchev–Trinajstić information content (AvgIpc) is 3.33. The van der Waals surface area contributed by atoms with E-state index in [4.69, 9.17) is 4.74 Å². The Kier molecular flexibility index (Phi) is 4.88. The third-order valence-electron chi connectivity index (χ3n) is 4.37. The van der Waals surface area contributed by atoms with Crippen molar-refractivity contribution in [1.29, 1.82) is 0 Å². The maximum Gasteiger partial charge on any atom is 0.242 e. The monoisotopic (exact) mass is 402 g/mol. The second kappa shape index (κ2) is 7.32. The molecular weight excluding hydrogens is 384 g/mol. The highest BCUT2D eigenvalue weighted by Gasteiger charge is 2.40. The lowest BCUT2D eigenvalue weighted by atomic mass is 10.1. The molecule has 0 spiro atoms. The van der Waals surface area contributed by atoms with Crippen LogP contribution in [0.3, 0.4) is 0 Å². The van der Waals surface area contributed by atoms with Gasteiger partial charge in [-0.05, 0) is 31.2 Å². The van der Waals surface area contributed by atoms with Gasteiger partial charge in [-0.3, -0.25) is 19.5 Å². The van der Waals surface area contributed by atoms with E-state index in [9.17, 15) is 9.59 Å². The van der Waals surface area contributed by atoms with E-state index in [2.05, 4.69) is 15.3 Å². The van der Waals surface area contributed by atoms with Gasteiger partial charge in [0, 0.05) is 23.4 Å². The first-order valence-corrected chi connectivity index (χ1v) is 10.2. The quantitative estimate of drug-likeness (QED) is 0.831. The smallest absolute Gasteiger partial charge is 0.242 e. The molecular formula is C18H18N4O3S2. The first-order chi connectivity index (χ1) is 13.0. The van der Waals surface area contributed by atoms with Crippen molar-refractivity contribution >= 4 is 45.2 Å². The number of aryl methyl sites for hydroxylation is 1. The highest BCUT2D eigenvalue weighted by Crippen LogP contribution is 2.33. The molecule has 0 saturated carbocycles. The number of hydrogen-bond donors (Lipinski definition) is 1. The van der Waals surface area contributed by atoms with Gasteiger partial charge in [0.15, 0.2) is 10.3 Å². The van der Waals surface area contributed by atoms with Crippen molar-refractivity contribution in [2.45, 2.75) is 18.6 Å². The minimum absolute atomic E-state index is 0.0272. The summed E-state index contributed by atoms with van der Waals surface area (Å²) in [5.41, 5.74) is 1.80. The molecule has 3 heterocycles. The molecule has 2 amide bonds. The SMILES string of the molecule is COc1ccc(-c2nc(NC(=O)C[C@@H]3SC4=NCCN4C3=O)sc2C)cc1. The predicted octanol–water partition coefficient (Wildman–Crippen LogP) is 2.77. The van der Waals surface area contributed by atoms with Gasteiger partial charge in [0.2, 0.25) is 11.8 Å². The summed E-state index contributed by atoms with van der Waals surface area (Å²) >= 11 is 2.80. The first-order valence-electron chi connectivity index (χ1n) is 8.49. The molecule has 140 valence electrons. The predicted molar refractivity (Wildman–Crippen MR) is 107 cm³/mol. The number of thiazole rings is 1. The van der Waals surface area contributed by atoms with Crippen molar-refractivity contribution in [3.8, 4) is 17.0 Å².